The summed E-state index contributed by atoms with van der Waals surface area (Å²) < 4.78 is 42.2. The van der Waals surface area contributed by atoms with E-state index in [1.807, 2.05) is 0 Å². The summed E-state index contributed by atoms with van der Waals surface area (Å²) in [5, 5.41) is 27.3. The molecule has 0 saturated heterocycles. The Morgan fingerprint density at radius 3 is 1.68 bits per heavy atom. The van der Waals surface area contributed by atoms with Gasteiger partial charge in [-0.2, -0.15) is 0 Å². The highest BCUT2D eigenvalue weighted by atomic mass is 31.2. The number of aliphatic carboxylic acids is 1. The van der Waals surface area contributed by atoms with Gasteiger partial charge in [0.2, 0.25) is 14.7 Å². The number of carbonyl (C=O) groups is 4. The fraction of sp³-hybridized carbons (Fsp3) is 0.636. The Labute approximate surface area is 221 Å². The molecular formula is C22H38O14P2. The molecule has 0 rings (SSSR count). The van der Waals surface area contributed by atoms with E-state index in [-0.39, 0.29) is 63.9 Å². The smallest absolute Gasteiger partial charge is 0.330 e. The van der Waals surface area contributed by atoms with Crippen molar-refractivity contribution < 1.29 is 67.3 Å². The highest BCUT2D eigenvalue weighted by molar-refractivity contribution is 7.59. The maximum Gasteiger partial charge on any atom is 0.330 e. The van der Waals surface area contributed by atoms with Gasteiger partial charge >= 0.3 is 23.9 Å². The standard InChI is InChI=1S/2C11H19O7P/c1-3-11(15)17-7-9(12)8-18-19(16,4-2)6-5-10(13)14;1-3-10(13)17-7-9(12)8-18-11(14)5-6-19(15,16)4-2/h3,9,12H,1,4-8H2,2H3,(H,13,14);3,9,12H,1,4-8H2,2H3,(H,15,16). The Balaban J connectivity index is 0. The van der Waals surface area contributed by atoms with Crippen molar-refractivity contribution in [2.24, 2.45) is 0 Å². The van der Waals surface area contributed by atoms with E-state index in [0.29, 0.717) is 0 Å². The fourth-order valence-corrected chi connectivity index (χ4v) is 4.51. The largest absolute Gasteiger partial charge is 0.481 e. The quantitative estimate of drug-likeness (QED) is 0.0720. The predicted octanol–water partition coefficient (Wildman–Crippen LogP) is 1.17. The van der Waals surface area contributed by atoms with Crippen molar-refractivity contribution in [1.29, 1.82) is 0 Å². The van der Waals surface area contributed by atoms with Crippen LogP contribution >= 0.6 is 14.7 Å². The van der Waals surface area contributed by atoms with Crippen LogP contribution in [0.1, 0.15) is 26.7 Å². The first kappa shape index (κ1) is 37.8. The lowest BCUT2D eigenvalue weighted by molar-refractivity contribution is -0.149. The number of esters is 3. The second-order valence-electron chi connectivity index (χ2n) is 7.59. The van der Waals surface area contributed by atoms with E-state index >= 15 is 0 Å². The first-order chi connectivity index (χ1) is 17.6. The molecule has 0 aromatic carbocycles. The summed E-state index contributed by atoms with van der Waals surface area (Å²) in [7, 11) is -6.31. The summed E-state index contributed by atoms with van der Waals surface area (Å²) in [4.78, 5) is 52.3. The fourth-order valence-electron chi connectivity index (χ4n) is 2.06. The molecule has 4 unspecified atom stereocenters. The third kappa shape index (κ3) is 21.7. The Bertz CT molecular complexity index is 872. The molecule has 0 fully saturated rings. The zero-order valence-corrected chi connectivity index (χ0v) is 23.3. The maximum absolute atomic E-state index is 12.1. The van der Waals surface area contributed by atoms with E-state index in [1.165, 1.54) is 0 Å². The highest BCUT2D eigenvalue weighted by Gasteiger charge is 2.23. The topological polar surface area (TPSA) is 220 Å². The van der Waals surface area contributed by atoms with Gasteiger partial charge in [-0.15, -0.1) is 0 Å². The van der Waals surface area contributed by atoms with Gasteiger partial charge in [0.25, 0.3) is 0 Å². The Kier molecular flexibility index (Phi) is 20.5. The lowest BCUT2D eigenvalue weighted by Crippen LogP contribution is -2.25. The van der Waals surface area contributed by atoms with E-state index < -0.39 is 50.8 Å². The van der Waals surface area contributed by atoms with Gasteiger partial charge in [0.1, 0.15) is 32.0 Å². The van der Waals surface area contributed by atoms with Crippen molar-refractivity contribution in [3.63, 3.8) is 0 Å². The van der Waals surface area contributed by atoms with E-state index in [4.69, 9.17) is 9.63 Å². The highest BCUT2D eigenvalue weighted by Crippen LogP contribution is 2.47. The number of aliphatic hydroxyl groups excluding tert-OH is 2. The first-order valence-electron chi connectivity index (χ1n) is 11.5. The summed E-state index contributed by atoms with van der Waals surface area (Å²) in [6.07, 6.45) is -0.761. The van der Waals surface area contributed by atoms with Gasteiger partial charge in [0.15, 0.2) is 0 Å². The zero-order valence-electron chi connectivity index (χ0n) is 21.6. The van der Waals surface area contributed by atoms with Gasteiger partial charge in [0.05, 0.1) is 19.4 Å². The van der Waals surface area contributed by atoms with E-state index in [2.05, 4.69) is 27.4 Å². The molecular weight excluding hydrogens is 550 g/mol. The van der Waals surface area contributed by atoms with Crippen molar-refractivity contribution in [2.75, 3.05) is 51.1 Å². The normalized spacial score (nSPS) is 15.2. The van der Waals surface area contributed by atoms with Gasteiger partial charge in [-0.1, -0.05) is 27.0 Å². The SMILES string of the molecule is C=CC(=O)OCC(O)COC(=O)CCP(=O)(O)CC.C=CC(=O)OCC(O)COP(=O)(CC)CCC(=O)O. The van der Waals surface area contributed by atoms with Crippen LogP contribution < -0.4 is 0 Å². The minimum Gasteiger partial charge on any atom is -0.481 e. The molecule has 0 aliphatic rings. The molecule has 0 spiro atoms. The number of rotatable bonds is 19. The third-order valence-electron chi connectivity index (χ3n) is 4.42. The lowest BCUT2D eigenvalue weighted by Gasteiger charge is -2.18. The second-order valence-corrected chi connectivity index (χ2v) is 13.3. The molecule has 4 N–H and O–H groups in total. The van der Waals surface area contributed by atoms with Crippen molar-refractivity contribution in [1.82, 2.24) is 0 Å². The van der Waals surface area contributed by atoms with E-state index in [9.17, 15) is 43.4 Å². The molecule has 4 atom stereocenters. The Hall–Kier alpha value is -2.34. The van der Waals surface area contributed by atoms with Crippen LogP contribution in [0.2, 0.25) is 0 Å². The van der Waals surface area contributed by atoms with Crippen molar-refractivity contribution >= 4 is 38.6 Å². The molecule has 0 radical (unpaired) electrons. The predicted molar refractivity (Wildman–Crippen MR) is 136 cm³/mol. The minimum absolute atomic E-state index is 0.0853. The van der Waals surface area contributed by atoms with Gasteiger partial charge in [-0.25, -0.2) is 9.59 Å². The van der Waals surface area contributed by atoms with Crippen LogP contribution in [0.25, 0.3) is 0 Å². The van der Waals surface area contributed by atoms with Gasteiger partial charge in [-0.05, 0) is 0 Å². The number of aliphatic hydroxyl groups is 2. The van der Waals surface area contributed by atoms with Gasteiger partial charge in [0, 0.05) is 36.8 Å². The molecule has 0 saturated carbocycles. The van der Waals surface area contributed by atoms with Crippen molar-refractivity contribution in [2.45, 2.75) is 38.9 Å². The van der Waals surface area contributed by atoms with Crippen LogP contribution in [0, 0.1) is 0 Å². The summed E-state index contributed by atoms with van der Waals surface area (Å²) in [5.74, 6) is -3.10. The number of hydrogen-bond acceptors (Lipinski definition) is 12. The van der Waals surface area contributed by atoms with Crippen LogP contribution in [-0.4, -0.2) is 107 Å². The average Bonchev–Trinajstić information content (AvgIpc) is 2.90. The molecule has 0 aromatic heterocycles. The van der Waals surface area contributed by atoms with Crippen LogP contribution in [-0.2, 0) is 47.0 Å². The molecule has 38 heavy (non-hydrogen) atoms. The summed E-state index contributed by atoms with van der Waals surface area (Å²) in [6.45, 7) is 8.31. The molecule has 14 nitrogen and oxygen atoms in total. The third-order valence-corrected chi connectivity index (χ3v) is 8.81. The lowest BCUT2D eigenvalue weighted by atomic mass is 10.4. The number of carbonyl (C=O) groups excluding carboxylic acids is 3. The Morgan fingerprint density at radius 2 is 1.26 bits per heavy atom. The molecule has 0 amide bonds. The monoisotopic (exact) mass is 588 g/mol. The molecule has 0 aromatic rings. The zero-order chi connectivity index (χ0) is 29.8. The van der Waals surface area contributed by atoms with Gasteiger partial charge < -0.3 is 38.9 Å². The van der Waals surface area contributed by atoms with E-state index in [1.54, 1.807) is 13.8 Å². The number of carboxylic acid groups (broad SMARTS) is 1. The second kappa shape index (κ2) is 20.6. The van der Waals surface area contributed by atoms with E-state index in [0.717, 1.165) is 12.2 Å². The van der Waals surface area contributed by atoms with Crippen LogP contribution in [0.15, 0.2) is 25.3 Å². The van der Waals surface area contributed by atoms with Crippen molar-refractivity contribution in [3.05, 3.63) is 25.3 Å². The maximum atomic E-state index is 12.1. The molecule has 0 aliphatic heterocycles. The summed E-state index contributed by atoms with van der Waals surface area (Å²) in [5.41, 5.74) is 0. The van der Waals surface area contributed by atoms with Crippen LogP contribution in [0.5, 0.6) is 0 Å². The minimum atomic E-state index is -3.25. The van der Waals surface area contributed by atoms with Gasteiger partial charge in [-0.3, -0.25) is 18.7 Å². The average molecular weight is 588 g/mol. The molecule has 0 aliphatic carbocycles. The van der Waals surface area contributed by atoms with Crippen LogP contribution in [0.4, 0.5) is 0 Å². The molecule has 0 heterocycles. The summed E-state index contributed by atoms with van der Waals surface area (Å²) in [6, 6.07) is 0. The number of ether oxygens (including phenoxy) is 3. The molecule has 0 bridgehead atoms. The number of hydrogen-bond donors (Lipinski definition) is 4. The Morgan fingerprint density at radius 1 is 0.789 bits per heavy atom. The van der Waals surface area contributed by atoms with Crippen LogP contribution in [0.3, 0.4) is 0 Å². The molecule has 220 valence electrons. The molecule has 16 heteroatoms. The summed E-state index contributed by atoms with van der Waals surface area (Å²) >= 11 is 0. The number of carboxylic acids is 1. The van der Waals surface area contributed by atoms with Crippen molar-refractivity contribution in [3.8, 4) is 0 Å². The first-order valence-corrected chi connectivity index (χ1v) is 15.5.